The maximum absolute atomic E-state index is 11.3. The summed E-state index contributed by atoms with van der Waals surface area (Å²) in [5.74, 6) is 0.230. The standard InChI is InChI=1S/C15H24O/c1-6-15(16)14(5)11-10-13(4)9-7-8-12(2)3/h8,10-11H,6-7,9H2,1-5H3. The van der Waals surface area contributed by atoms with Crippen molar-refractivity contribution < 1.29 is 4.79 Å². The van der Waals surface area contributed by atoms with Gasteiger partial charge in [-0.2, -0.15) is 0 Å². The van der Waals surface area contributed by atoms with E-state index < -0.39 is 0 Å². The lowest BCUT2D eigenvalue weighted by Crippen LogP contribution is -1.95. The Morgan fingerprint density at radius 1 is 1.06 bits per heavy atom. The highest BCUT2D eigenvalue weighted by atomic mass is 16.1. The second-order valence-electron chi connectivity index (χ2n) is 4.46. The average Bonchev–Trinajstić information content (AvgIpc) is 2.24. The molecule has 0 radical (unpaired) electrons. The molecule has 0 saturated heterocycles. The van der Waals surface area contributed by atoms with Crippen LogP contribution >= 0.6 is 0 Å². The van der Waals surface area contributed by atoms with Gasteiger partial charge < -0.3 is 0 Å². The molecule has 1 nitrogen and oxygen atoms in total. The van der Waals surface area contributed by atoms with Gasteiger partial charge in [0.15, 0.2) is 5.78 Å². The lowest BCUT2D eigenvalue weighted by atomic mass is 10.1. The Kier molecular flexibility index (Phi) is 7.53. The van der Waals surface area contributed by atoms with Crippen molar-refractivity contribution >= 4 is 5.78 Å². The molecule has 0 aliphatic heterocycles. The Labute approximate surface area is 99.9 Å². The lowest BCUT2D eigenvalue weighted by molar-refractivity contribution is -0.115. The van der Waals surface area contributed by atoms with E-state index in [1.807, 2.05) is 19.9 Å². The van der Waals surface area contributed by atoms with E-state index in [1.54, 1.807) is 0 Å². The summed E-state index contributed by atoms with van der Waals surface area (Å²) in [5, 5.41) is 0. The number of ketones is 1. The van der Waals surface area contributed by atoms with Crippen molar-refractivity contribution in [1.29, 1.82) is 0 Å². The maximum Gasteiger partial charge on any atom is 0.158 e. The molecule has 90 valence electrons. The van der Waals surface area contributed by atoms with Gasteiger partial charge in [0.1, 0.15) is 0 Å². The maximum atomic E-state index is 11.3. The van der Waals surface area contributed by atoms with Crippen LogP contribution < -0.4 is 0 Å². The highest BCUT2D eigenvalue weighted by Crippen LogP contribution is 2.08. The first kappa shape index (κ1) is 14.9. The van der Waals surface area contributed by atoms with E-state index >= 15 is 0 Å². The van der Waals surface area contributed by atoms with E-state index in [4.69, 9.17) is 0 Å². The summed E-state index contributed by atoms with van der Waals surface area (Å²) in [7, 11) is 0. The van der Waals surface area contributed by atoms with Crippen molar-refractivity contribution in [2.45, 2.75) is 53.9 Å². The molecular weight excluding hydrogens is 196 g/mol. The van der Waals surface area contributed by atoms with Gasteiger partial charge in [-0.1, -0.05) is 36.3 Å². The molecule has 0 amide bonds. The van der Waals surface area contributed by atoms with Crippen molar-refractivity contribution in [3.05, 3.63) is 34.9 Å². The molecule has 0 aliphatic carbocycles. The van der Waals surface area contributed by atoms with E-state index in [1.165, 1.54) is 11.1 Å². The Bertz CT molecular complexity index is 312. The molecule has 0 N–H and O–H groups in total. The smallest absolute Gasteiger partial charge is 0.158 e. The molecule has 0 bridgehead atoms. The van der Waals surface area contributed by atoms with Crippen molar-refractivity contribution in [2.75, 3.05) is 0 Å². The highest BCUT2D eigenvalue weighted by molar-refractivity contribution is 5.94. The number of allylic oxidation sites excluding steroid dienone is 6. The number of hydrogen-bond acceptors (Lipinski definition) is 1. The second kappa shape index (κ2) is 8.09. The van der Waals surface area contributed by atoms with Gasteiger partial charge in [-0.3, -0.25) is 4.79 Å². The molecule has 0 aromatic heterocycles. The van der Waals surface area contributed by atoms with E-state index in [-0.39, 0.29) is 5.78 Å². The first-order valence-corrected chi connectivity index (χ1v) is 5.98. The predicted molar refractivity (Wildman–Crippen MR) is 71.5 cm³/mol. The van der Waals surface area contributed by atoms with Crippen LogP contribution in [-0.2, 0) is 4.79 Å². The van der Waals surface area contributed by atoms with Crippen LogP contribution in [0.25, 0.3) is 0 Å². The van der Waals surface area contributed by atoms with Crippen molar-refractivity contribution in [3.8, 4) is 0 Å². The third kappa shape index (κ3) is 7.22. The number of hydrogen-bond donors (Lipinski definition) is 0. The van der Waals surface area contributed by atoms with Gasteiger partial charge in [-0.25, -0.2) is 0 Å². The van der Waals surface area contributed by atoms with Crippen LogP contribution in [0, 0.1) is 0 Å². The van der Waals surface area contributed by atoms with Crippen LogP contribution in [0.1, 0.15) is 53.9 Å². The molecule has 0 aromatic carbocycles. The molecule has 0 unspecified atom stereocenters. The van der Waals surface area contributed by atoms with Crippen LogP contribution in [0.15, 0.2) is 34.9 Å². The van der Waals surface area contributed by atoms with Gasteiger partial charge >= 0.3 is 0 Å². The zero-order valence-corrected chi connectivity index (χ0v) is 11.3. The van der Waals surface area contributed by atoms with E-state index in [0.29, 0.717) is 6.42 Å². The summed E-state index contributed by atoms with van der Waals surface area (Å²) < 4.78 is 0. The third-order valence-corrected chi connectivity index (χ3v) is 2.47. The fraction of sp³-hybridized carbons (Fsp3) is 0.533. The molecule has 0 heterocycles. The molecule has 0 spiro atoms. The van der Waals surface area contributed by atoms with Gasteiger partial charge in [0, 0.05) is 6.42 Å². The zero-order chi connectivity index (χ0) is 12.6. The Morgan fingerprint density at radius 3 is 2.19 bits per heavy atom. The monoisotopic (exact) mass is 220 g/mol. The van der Waals surface area contributed by atoms with Crippen LogP contribution in [0.5, 0.6) is 0 Å². The summed E-state index contributed by atoms with van der Waals surface area (Å²) in [6, 6.07) is 0. The molecule has 0 atom stereocenters. The van der Waals surface area contributed by atoms with Crippen LogP contribution in [0.4, 0.5) is 0 Å². The van der Waals surface area contributed by atoms with Gasteiger partial charge in [-0.15, -0.1) is 0 Å². The van der Waals surface area contributed by atoms with Crippen LogP contribution in [-0.4, -0.2) is 5.78 Å². The number of carbonyl (C=O) groups excluding carboxylic acids is 1. The Hall–Kier alpha value is -1.11. The normalized spacial score (nSPS) is 12.6. The molecule has 0 rings (SSSR count). The Morgan fingerprint density at radius 2 is 1.69 bits per heavy atom. The minimum absolute atomic E-state index is 0.230. The average molecular weight is 220 g/mol. The second-order valence-corrected chi connectivity index (χ2v) is 4.46. The molecular formula is C15H24O. The summed E-state index contributed by atoms with van der Waals surface area (Å²) in [6.07, 6.45) is 8.97. The molecule has 0 aromatic rings. The van der Waals surface area contributed by atoms with Crippen LogP contribution in [0.3, 0.4) is 0 Å². The minimum atomic E-state index is 0.230. The van der Waals surface area contributed by atoms with Gasteiger partial charge in [-0.05, 0) is 46.1 Å². The third-order valence-electron chi connectivity index (χ3n) is 2.47. The molecule has 16 heavy (non-hydrogen) atoms. The number of carbonyl (C=O) groups is 1. The summed E-state index contributed by atoms with van der Waals surface area (Å²) in [6.45, 7) is 10.1. The predicted octanol–water partition coefficient (Wildman–Crippen LogP) is 4.60. The first-order chi connectivity index (χ1) is 7.47. The zero-order valence-electron chi connectivity index (χ0n) is 11.3. The van der Waals surface area contributed by atoms with Crippen molar-refractivity contribution in [1.82, 2.24) is 0 Å². The largest absolute Gasteiger partial charge is 0.295 e. The van der Waals surface area contributed by atoms with Crippen LogP contribution in [0.2, 0.25) is 0 Å². The first-order valence-electron chi connectivity index (χ1n) is 5.98. The molecule has 0 fully saturated rings. The van der Waals surface area contributed by atoms with Crippen molar-refractivity contribution in [2.24, 2.45) is 0 Å². The van der Waals surface area contributed by atoms with Gasteiger partial charge in [0.2, 0.25) is 0 Å². The van der Waals surface area contributed by atoms with Gasteiger partial charge in [0.05, 0.1) is 0 Å². The fourth-order valence-electron chi connectivity index (χ4n) is 1.31. The Balaban J connectivity index is 4.23. The number of rotatable bonds is 6. The molecule has 0 aliphatic rings. The van der Waals surface area contributed by atoms with E-state index in [9.17, 15) is 4.79 Å². The minimum Gasteiger partial charge on any atom is -0.295 e. The summed E-state index contributed by atoms with van der Waals surface area (Å²) in [5.41, 5.74) is 3.53. The molecule has 0 saturated carbocycles. The summed E-state index contributed by atoms with van der Waals surface area (Å²) in [4.78, 5) is 11.3. The summed E-state index contributed by atoms with van der Waals surface area (Å²) >= 11 is 0. The van der Waals surface area contributed by atoms with E-state index in [0.717, 1.165) is 18.4 Å². The van der Waals surface area contributed by atoms with Crippen molar-refractivity contribution in [3.63, 3.8) is 0 Å². The fourth-order valence-corrected chi connectivity index (χ4v) is 1.31. The number of Topliss-reactive ketones (excluding diaryl/α,β-unsaturated/α-hetero) is 1. The molecule has 1 heteroatoms. The quantitative estimate of drug-likeness (QED) is 0.363. The highest BCUT2D eigenvalue weighted by Gasteiger charge is 1.98. The lowest BCUT2D eigenvalue weighted by Gasteiger charge is -1.98. The van der Waals surface area contributed by atoms with Gasteiger partial charge in [0.25, 0.3) is 0 Å². The SMILES string of the molecule is CCC(=O)C(C)=CC=C(C)CCC=C(C)C. The topological polar surface area (TPSA) is 17.1 Å². The van der Waals surface area contributed by atoms with E-state index in [2.05, 4.69) is 32.9 Å².